The molecule has 1 aromatic carbocycles. The highest BCUT2D eigenvalue weighted by molar-refractivity contribution is 7.84. The van der Waals surface area contributed by atoms with Crippen LogP contribution in [0.1, 0.15) is 11.6 Å². The first-order chi connectivity index (χ1) is 10.3. The average molecular weight is 325 g/mol. The summed E-state index contributed by atoms with van der Waals surface area (Å²) < 4.78 is 30.5. The van der Waals surface area contributed by atoms with Crippen molar-refractivity contribution in [3.05, 3.63) is 46.3 Å². The molecule has 2 unspecified atom stereocenters. The summed E-state index contributed by atoms with van der Waals surface area (Å²) >= 11 is 0. The van der Waals surface area contributed by atoms with Gasteiger partial charge in [-0.3, -0.25) is 14.1 Å². The maximum absolute atomic E-state index is 12.1. The third kappa shape index (κ3) is 3.17. The van der Waals surface area contributed by atoms with Crippen molar-refractivity contribution < 1.29 is 22.6 Å². The molecular weight excluding hydrogens is 314 g/mol. The Labute approximate surface area is 125 Å². The van der Waals surface area contributed by atoms with E-state index in [1.807, 2.05) is 0 Å². The zero-order valence-electron chi connectivity index (χ0n) is 11.0. The van der Waals surface area contributed by atoms with Gasteiger partial charge in [0.1, 0.15) is 12.1 Å². The molecule has 1 heterocycles. The van der Waals surface area contributed by atoms with E-state index in [9.17, 15) is 18.0 Å². The number of amides is 2. The van der Waals surface area contributed by atoms with E-state index >= 15 is 0 Å². The second-order valence-corrected chi connectivity index (χ2v) is 5.76. The van der Waals surface area contributed by atoms with Gasteiger partial charge in [-0.2, -0.15) is 8.42 Å². The molecule has 22 heavy (non-hydrogen) atoms. The van der Waals surface area contributed by atoms with Gasteiger partial charge in [0.05, 0.1) is 6.54 Å². The summed E-state index contributed by atoms with van der Waals surface area (Å²) in [5, 5.41) is 5.66. The Kier molecular flexibility index (Phi) is 4.31. The van der Waals surface area contributed by atoms with Gasteiger partial charge in [0.25, 0.3) is 5.91 Å². The van der Waals surface area contributed by atoms with E-state index in [2.05, 4.69) is 15.3 Å². The molecule has 2 N–H and O–H groups in total. The summed E-state index contributed by atoms with van der Waals surface area (Å²) in [7, 11) is -4.62. The van der Waals surface area contributed by atoms with Crippen LogP contribution in [0.4, 0.5) is 0 Å². The second kappa shape index (κ2) is 6.02. The summed E-state index contributed by atoms with van der Waals surface area (Å²) in [6.45, 7) is -0.374. The number of carbonyl (C=O) groups is 2. The first-order valence-electron chi connectivity index (χ1n) is 6.03. The van der Waals surface area contributed by atoms with E-state index in [0.717, 1.165) is 0 Å². The van der Waals surface area contributed by atoms with Gasteiger partial charge in [0.15, 0.2) is 0 Å². The lowest BCUT2D eigenvalue weighted by Gasteiger charge is -2.35. The zero-order chi connectivity index (χ0) is 16.3. The number of nitrogens with one attached hydrogen (secondary N) is 1. The molecule has 2 atom stereocenters. The molecule has 0 radical (unpaired) electrons. The minimum absolute atomic E-state index is 0.225. The number of β-lactam (4-membered cyclic amide) rings is 1. The molecule has 2 rings (SSSR count). The van der Waals surface area contributed by atoms with Crippen LogP contribution in [0, 0.1) is 0 Å². The lowest BCUT2D eigenvalue weighted by molar-refractivity contribution is -0.140. The predicted molar refractivity (Wildman–Crippen MR) is 73.5 cm³/mol. The van der Waals surface area contributed by atoms with Gasteiger partial charge < -0.3 is 5.32 Å². The topological polar surface area (TPSA) is 153 Å². The molecule has 2 amide bonds. The molecule has 1 fully saturated rings. The summed E-state index contributed by atoms with van der Waals surface area (Å²) in [5.74, 6) is -1.69. The molecule has 11 heteroatoms. The van der Waals surface area contributed by atoms with E-state index in [0.29, 0.717) is 5.56 Å². The second-order valence-electron chi connectivity index (χ2n) is 4.43. The largest absolute Gasteiger partial charge is 0.362 e. The quantitative estimate of drug-likeness (QED) is 0.260. The first-order valence-corrected chi connectivity index (χ1v) is 7.43. The SMILES string of the molecule is [N-]=[N+]=NC(C(=O)NC1CN(S(=O)(=O)O)C1=O)c1ccccc1. The molecule has 0 aromatic heterocycles. The Morgan fingerprint density at radius 2 is 2.09 bits per heavy atom. The van der Waals surface area contributed by atoms with Gasteiger partial charge >= 0.3 is 10.3 Å². The smallest absolute Gasteiger partial charge is 0.342 e. The van der Waals surface area contributed by atoms with Crippen LogP contribution in [0.15, 0.2) is 35.4 Å². The molecule has 1 aromatic rings. The Morgan fingerprint density at radius 3 is 2.59 bits per heavy atom. The highest BCUT2D eigenvalue weighted by Crippen LogP contribution is 2.20. The minimum atomic E-state index is -4.62. The van der Waals surface area contributed by atoms with E-state index in [-0.39, 0.29) is 10.8 Å². The van der Waals surface area contributed by atoms with Gasteiger partial charge in [0.2, 0.25) is 5.91 Å². The van der Waals surface area contributed by atoms with Crippen molar-refractivity contribution in [1.29, 1.82) is 0 Å². The summed E-state index contributed by atoms with van der Waals surface area (Å²) in [6.07, 6.45) is 0. The van der Waals surface area contributed by atoms with E-state index < -0.39 is 34.2 Å². The van der Waals surface area contributed by atoms with E-state index in [1.54, 1.807) is 30.3 Å². The lowest BCUT2D eigenvalue weighted by atomic mass is 10.1. The Hall–Kier alpha value is -2.62. The third-order valence-corrected chi connectivity index (χ3v) is 3.90. The number of carbonyl (C=O) groups excluding carboxylic acids is 2. The molecule has 1 aliphatic heterocycles. The van der Waals surface area contributed by atoms with Crippen molar-refractivity contribution in [1.82, 2.24) is 9.62 Å². The van der Waals surface area contributed by atoms with Crippen LogP contribution in [-0.4, -0.2) is 41.7 Å². The number of nitrogens with zero attached hydrogens (tertiary/aromatic N) is 4. The zero-order valence-corrected chi connectivity index (χ0v) is 11.8. The van der Waals surface area contributed by atoms with Crippen molar-refractivity contribution >= 4 is 22.1 Å². The van der Waals surface area contributed by atoms with Gasteiger partial charge in [-0.15, -0.1) is 0 Å². The Bertz CT molecular complexity index is 743. The van der Waals surface area contributed by atoms with Gasteiger partial charge in [-0.1, -0.05) is 35.4 Å². The molecule has 1 aliphatic rings. The van der Waals surface area contributed by atoms with Crippen molar-refractivity contribution in [2.75, 3.05) is 6.54 Å². The van der Waals surface area contributed by atoms with Crippen LogP contribution in [-0.2, 0) is 19.9 Å². The van der Waals surface area contributed by atoms with E-state index in [4.69, 9.17) is 10.1 Å². The van der Waals surface area contributed by atoms with Gasteiger partial charge in [-0.05, 0) is 11.1 Å². The first kappa shape index (κ1) is 15.8. The van der Waals surface area contributed by atoms with Crippen LogP contribution in [0.2, 0.25) is 0 Å². The fourth-order valence-corrected chi connectivity index (χ4v) is 2.61. The van der Waals surface area contributed by atoms with Crippen LogP contribution >= 0.6 is 0 Å². The summed E-state index contributed by atoms with van der Waals surface area (Å²) in [4.78, 5) is 26.2. The monoisotopic (exact) mass is 325 g/mol. The molecule has 0 bridgehead atoms. The molecule has 116 valence electrons. The van der Waals surface area contributed by atoms with Gasteiger partial charge in [-0.25, -0.2) is 4.31 Å². The fourth-order valence-electron chi connectivity index (χ4n) is 1.92. The Balaban J connectivity index is 2.08. The normalized spacial score (nSPS) is 18.9. The predicted octanol–water partition coefficient (Wildman–Crippen LogP) is 0.168. The highest BCUT2D eigenvalue weighted by Gasteiger charge is 2.44. The molecule has 1 saturated heterocycles. The fraction of sp³-hybridized carbons (Fsp3) is 0.273. The molecule has 10 nitrogen and oxygen atoms in total. The van der Waals surface area contributed by atoms with Crippen molar-refractivity contribution in [2.24, 2.45) is 5.11 Å². The summed E-state index contributed by atoms with van der Waals surface area (Å²) in [5.41, 5.74) is 8.97. The van der Waals surface area contributed by atoms with Crippen molar-refractivity contribution in [3.8, 4) is 0 Å². The van der Waals surface area contributed by atoms with Crippen molar-refractivity contribution in [2.45, 2.75) is 12.1 Å². The number of hydrogen-bond acceptors (Lipinski definition) is 5. The highest BCUT2D eigenvalue weighted by atomic mass is 32.2. The lowest BCUT2D eigenvalue weighted by Crippen LogP contribution is -2.65. The minimum Gasteiger partial charge on any atom is -0.342 e. The number of azide groups is 1. The molecule has 0 saturated carbocycles. The molecule has 0 spiro atoms. The number of hydrogen-bond donors (Lipinski definition) is 2. The standard InChI is InChI=1S/C11H11N5O5S/c12-15-14-9(7-4-2-1-3-5-7)10(17)13-8-6-16(11(8)18)22(19,20)21/h1-5,8-9H,6H2,(H,13,17)(H,19,20,21). The van der Waals surface area contributed by atoms with Crippen LogP contribution in [0.3, 0.4) is 0 Å². The Morgan fingerprint density at radius 1 is 1.45 bits per heavy atom. The van der Waals surface area contributed by atoms with Crippen molar-refractivity contribution in [3.63, 3.8) is 0 Å². The molecule has 0 aliphatic carbocycles. The summed E-state index contributed by atoms with van der Waals surface area (Å²) in [6, 6.07) is 5.90. The average Bonchev–Trinajstić information content (AvgIpc) is 2.47. The van der Waals surface area contributed by atoms with Crippen LogP contribution < -0.4 is 5.32 Å². The van der Waals surface area contributed by atoms with Crippen LogP contribution in [0.25, 0.3) is 10.4 Å². The van der Waals surface area contributed by atoms with Gasteiger partial charge in [0, 0.05) is 4.91 Å². The number of rotatable bonds is 5. The maximum atomic E-state index is 12.1. The maximum Gasteiger partial charge on any atom is 0.362 e. The van der Waals surface area contributed by atoms with E-state index in [1.165, 1.54) is 0 Å². The third-order valence-electron chi connectivity index (χ3n) is 3.02. The molecular formula is C11H11N5O5S. The number of benzene rings is 1. The van der Waals surface area contributed by atoms with Crippen LogP contribution in [0.5, 0.6) is 0 Å².